The summed E-state index contributed by atoms with van der Waals surface area (Å²) in [6.07, 6.45) is 15.1. The second-order valence-electron chi connectivity index (χ2n) is 9.86. The summed E-state index contributed by atoms with van der Waals surface area (Å²) >= 11 is 0. The Morgan fingerprint density at radius 3 is 2.39 bits per heavy atom. The largest absolute Gasteiger partial charge is 0.466 e. The average molecular weight is 438 g/mol. The summed E-state index contributed by atoms with van der Waals surface area (Å²) in [5, 5.41) is 3.45. The fourth-order valence-corrected chi connectivity index (χ4v) is 5.50. The average Bonchev–Trinajstić information content (AvgIpc) is 2.77. The van der Waals surface area contributed by atoms with Gasteiger partial charge in [-0.2, -0.15) is 0 Å². The van der Waals surface area contributed by atoms with E-state index in [0.717, 1.165) is 64.5 Å². The second-order valence-corrected chi connectivity index (χ2v) is 9.86. The number of rotatable bonds is 13. The lowest BCUT2D eigenvalue weighted by molar-refractivity contribution is -0.166. The van der Waals surface area contributed by atoms with Crippen molar-refractivity contribution in [1.29, 1.82) is 0 Å². The number of ether oxygens (including phenoxy) is 2. The quantitative estimate of drug-likeness (QED) is 0.291. The molecule has 1 spiro atoms. The second kappa shape index (κ2) is 14.1. The lowest BCUT2D eigenvalue weighted by atomic mass is 9.63. The molecule has 0 aromatic heterocycles. The van der Waals surface area contributed by atoms with E-state index in [0.29, 0.717) is 18.9 Å². The van der Waals surface area contributed by atoms with E-state index in [-0.39, 0.29) is 29.4 Å². The minimum Gasteiger partial charge on any atom is -0.466 e. The first-order valence-electron chi connectivity index (χ1n) is 13.1. The van der Waals surface area contributed by atoms with Gasteiger partial charge in [-0.05, 0) is 64.3 Å². The van der Waals surface area contributed by atoms with Gasteiger partial charge in [0.1, 0.15) is 6.10 Å². The third kappa shape index (κ3) is 8.40. The normalized spacial score (nSPS) is 27.1. The van der Waals surface area contributed by atoms with Gasteiger partial charge in [0.2, 0.25) is 0 Å². The van der Waals surface area contributed by atoms with Crippen molar-refractivity contribution in [3.05, 3.63) is 0 Å². The molecule has 1 saturated carbocycles. The maximum Gasteiger partial charge on any atom is 0.309 e. The van der Waals surface area contributed by atoms with Gasteiger partial charge in [-0.1, -0.05) is 52.4 Å². The summed E-state index contributed by atoms with van der Waals surface area (Å²) in [4.78, 5) is 24.9. The SMILES string of the molecule is CCCCCCCCC(CC)C(=O)OC1CNCCC12CCC(CC(=O)OCC)CC2. The van der Waals surface area contributed by atoms with Crippen molar-refractivity contribution in [3.63, 3.8) is 0 Å². The summed E-state index contributed by atoms with van der Waals surface area (Å²) in [6.45, 7) is 8.42. The summed E-state index contributed by atoms with van der Waals surface area (Å²) in [5.74, 6) is 0.382. The molecule has 0 aromatic rings. The molecule has 2 aliphatic rings. The van der Waals surface area contributed by atoms with Crippen molar-refractivity contribution < 1.29 is 19.1 Å². The molecule has 5 heteroatoms. The maximum atomic E-state index is 13.0. The molecule has 0 radical (unpaired) electrons. The molecule has 2 unspecified atom stereocenters. The molecule has 2 rings (SSSR count). The smallest absolute Gasteiger partial charge is 0.309 e. The van der Waals surface area contributed by atoms with Gasteiger partial charge in [0, 0.05) is 18.4 Å². The Hall–Kier alpha value is -1.10. The first kappa shape index (κ1) is 26.2. The molecule has 0 bridgehead atoms. The Kier molecular flexibility index (Phi) is 11.9. The van der Waals surface area contributed by atoms with Gasteiger partial charge in [0.15, 0.2) is 0 Å². The molecule has 5 nitrogen and oxygen atoms in total. The molecule has 1 N–H and O–H groups in total. The predicted octanol–water partition coefficient (Wildman–Crippen LogP) is 5.80. The van der Waals surface area contributed by atoms with E-state index >= 15 is 0 Å². The Balaban J connectivity index is 1.83. The van der Waals surface area contributed by atoms with Gasteiger partial charge >= 0.3 is 11.9 Å². The number of esters is 2. The van der Waals surface area contributed by atoms with Crippen LogP contribution in [0.1, 0.15) is 111 Å². The van der Waals surface area contributed by atoms with Crippen LogP contribution in [-0.2, 0) is 19.1 Å². The van der Waals surface area contributed by atoms with E-state index in [2.05, 4.69) is 19.2 Å². The fraction of sp³-hybridized carbons (Fsp3) is 0.923. The van der Waals surface area contributed by atoms with Crippen LogP contribution in [0.4, 0.5) is 0 Å². The van der Waals surface area contributed by atoms with E-state index < -0.39 is 0 Å². The molecule has 1 aliphatic heterocycles. The van der Waals surface area contributed by atoms with E-state index in [1.807, 2.05) is 6.92 Å². The number of hydrogen-bond acceptors (Lipinski definition) is 5. The molecule has 31 heavy (non-hydrogen) atoms. The van der Waals surface area contributed by atoms with Crippen LogP contribution in [0.5, 0.6) is 0 Å². The Morgan fingerprint density at radius 1 is 1.00 bits per heavy atom. The minimum atomic E-state index is -0.0720. The Labute approximate surface area is 190 Å². The molecule has 2 fully saturated rings. The van der Waals surface area contributed by atoms with E-state index in [9.17, 15) is 9.59 Å². The van der Waals surface area contributed by atoms with Crippen molar-refractivity contribution in [2.45, 2.75) is 117 Å². The number of hydrogen-bond donors (Lipinski definition) is 1. The van der Waals surface area contributed by atoms with Crippen molar-refractivity contribution in [2.75, 3.05) is 19.7 Å². The van der Waals surface area contributed by atoms with Crippen LogP contribution < -0.4 is 5.32 Å². The number of piperidine rings is 1. The van der Waals surface area contributed by atoms with E-state index in [1.165, 1.54) is 32.1 Å². The lowest BCUT2D eigenvalue weighted by Crippen LogP contribution is -2.53. The zero-order valence-corrected chi connectivity index (χ0v) is 20.4. The molecule has 180 valence electrons. The predicted molar refractivity (Wildman–Crippen MR) is 125 cm³/mol. The van der Waals surface area contributed by atoms with Crippen molar-refractivity contribution >= 4 is 11.9 Å². The topological polar surface area (TPSA) is 64.6 Å². The van der Waals surface area contributed by atoms with Crippen molar-refractivity contribution in [3.8, 4) is 0 Å². The number of unbranched alkanes of at least 4 members (excludes halogenated alkanes) is 5. The fourth-order valence-electron chi connectivity index (χ4n) is 5.50. The Morgan fingerprint density at radius 2 is 1.71 bits per heavy atom. The molecule has 0 aromatic carbocycles. The van der Waals surface area contributed by atoms with Crippen LogP contribution in [0.2, 0.25) is 0 Å². The van der Waals surface area contributed by atoms with Crippen molar-refractivity contribution in [2.24, 2.45) is 17.3 Å². The summed E-state index contributed by atoms with van der Waals surface area (Å²) in [6, 6.07) is 0. The van der Waals surface area contributed by atoms with E-state index in [4.69, 9.17) is 9.47 Å². The number of carbonyl (C=O) groups excluding carboxylic acids is 2. The van der Waals surface area contributed by atoms with Gasteiger partial charge < -0.3 is 14.8 Å². The molecule has 1 aliphatic carbocycles. The molecule has 0 amide bonds. The molecule has 1 heterocycles. The third-order valence-electron chi connectivity index (χ3n) is 7.66. The maximum absolute atomic E-state index is 13.0. The molecule has 2 atom stereocenters. The summed E-state index contributed by atoms with van der Waals surface area (Å²) in [7, 11) is 0. The highest BCUT2D eigenvalue weighted by molar-refractivity contribution is 5.72. The zero-order chi connectivity index (χ0) is 22.5. The highest BCUT2D eigenvalue weighted by Gasteiger charge is 2.46. The highest BCUT2D eigenvalue weighted by atomic mass is 16.5. The van der Waals surface area contributed by atoms with Crippen LogP contribution >= 0.6 is 0 Å². The van der Waals surface area contributed by atoms with Crippen molar-refractivity contribution in [1.82, 2.24) is 5.32 Å². The first-order valence-corrected chi connectivity index (χ1v) is 13.1. The standard InChI is InChI=1S/C26H47NO4/c1-4-7-8-9-10-11-12-22(5-2)25(29)31-23-20-27-18-17-26(23)15-13-21(14-16-26)19-24(28)30-6-3/h21-23,27H,4-20H2,1-3H3. The van der Waals surface area contributed by atoms with Crippen LogP contribution in [0, 0.1) is 17.3 Å². The van der Waals surface area contributed by atoms with Gasteiger partial charge in [0.25, 0.3) is 0 Å². The summed E-state index contributed by atoms with van der Waals surface area (Å²) < 4.78 is 11.3. The van der Waals surface area contributed by atoms with Gasteiger partial charge in [0.05, 0.1) is 12.5 Å². The first-order chi connectivity index (χ1) is 15.0. The van der Waals surface area contributed by atoms with Crippen LogP contribution in [0.25, 0.3) is 0 Å². The summed E-state index contributed by atoms with van der Waals surface area (Å²) in [5.41, 5.74) is 0.0878. The van der Waals surface area contributed by atoms with Crippen LogP contribution in [0.15, 0.2) is 0 Å². The van der Waals surface area contributed by atoms with Gasteiger partial charge in [-0.3, -0.25) is 9.59 Å². The van der Waals surface area contributed by atoms with Gasteiger partial charge in [-0.15, -0.1) is 0 Å². The number of nitrogens with one attached hydrogen (secondary N) is 1. The third-order valence-corrected chi connectivity index (χ3v) is 7.66. The highest BCUT2D eigenvalue weighted by Crippen LogP contribution is 2.47. The molecular weight excluding hydrogens is 390 g/mol. The van der Waals surface area contributed by atoms with Crippen LogP contribution in [-0.4, -0.2) is 37.7 Å². The molecule has 1 saturated heterocycles. The van der Waals surface area contributed by atoms with Gasteiger partial charge in [-0.25, -0.2) is 0 Å². The molecular formula is C26H47NO4. The Bertz CT molecular complexity index is 528. The minimum absolute atomic E-state index is 0.0118. The number of carbonyl (C=O) groups is 2. The lowest BCUT2D eigenvalue weighted by Gasteiger charge is -2.48. The zero-order valence-electron chi connectivity index (χ0n) is 20.4. The van der Waals surface area contributed by atoms with E-state index in [1.54, 1.807) is 0 Å². The monoisotopic (exact) mass is 437 g/mol. The van der Waals surface area contributed by atoms with Crippen LogP contribution in [0.3, 0.4) is 0 Å².